The van der Waals surface area contributed by atoms with Crippen molar-refractivity contribution in [3.63, 3.8) is 0 Å². The van der Waals surface area contributed by atoms with Crippen LogP contribution in [0.2, 0.25) is 0 Å². The van der Waals surface area contributed by atoms with Crippen molar-refractivity contribution in [2.24, 2.45) is 0 Å². The van der Waals surface area contributed by atoms with Crippen LogP contribution in [0.5, 0.6) is 0 Å². The van der Waals surface area contributed by atoms with E-state index in [0.29, 0.717) is 21.9 Å². The number of fused-ring (bicyclic) bond motifs is 8. The molecule has 3 aromatic heterocycles. The second-order valence-corrected chi connectivity index (χ2v) is 16.8. The molecule has 43 heavy (non-hydrogen) atoms. The van der Waals surface area contributed by atoms with Gasteiger partial charge < -0.3 is 0 Å². The van der Waals surface area contributed by atoms with Crippen LogP contribution in [-0.4, -0.2) is 25.0 Å². The summed E-state index contributed by atoms with van der Waals surface area (Å²) in [5.74, 6) is 0. The number of benzene rings is 5. The Labute approximate surface area is 260 Å². The molecule has 3 nitrogen and oxygen atoms in total. The summed E-state index contributed by atoms with van der Waals surface area (Å²) in [5.41, 5.74) is 7.87. The topological polar surface area (TPSA) is 35.1 Å². The first kappa shape index (κ1) is 26.8. The molecule has 0 amide bonds. The van der Waals surface area contributed by atoms with Crippen LogP contribution >= 0.6 is 0 Å². The Kier molecular flexibility index (Phi) is 5.65. The second-order valence-electron chi connectivity index (χ2n) is 13.8. The molecule has 0 atom stereocenters. The Balaban J connectivity index is 1.46. The van der Waals surface area contributed by atoms with Crippen LogP contribution in [0.4, 0.5) is 0 Å². The van der Waals surface area contributed by atoms with Gasteiger partial charge in [-0.3, -0.25) is 0 Å². The van der Waals surface area contributed by atoms with E-state index in [4.69, 9.17) is 4.42 Å². The van der Waals surface area contributed by atoms with Gasteiger partial charge in [0.1, 0.15) is 0 Å². The fourth-order valence-corrected chi connectivity index (χ4v) is 9.97. The van der Waals surface area contributed by atoms with Gasteiger partial charge in [-0.05, 0) is 0 Å². The SMILES string of the molecule is CC(C)(C)c1ccc2c(c1)c1cc(C(C)(C)C)ccc1n2-c1cccc2c1[te]c1cc3c(=O)c4ccccc4oc3cc12. The molecule has 0 bridgehead atoms. The molecule has 8 rings (SSSR count). The second kappa shape index (κ2) is 9.08. The molecule has 0 radical (unpaired) electrons. The summed E-state index contributed by atoms with van der Waals surface area (Å²) in [6.07, 6.45) is 0. The molecule has 0 aliphatic carbocycles. The van der Waals surface area contributed by atoms with Crippen molar-refractivity contribution in [2.45, 2.75) is 52.4 Å². The Morgan fingerprint density at radius 3 is 1.86 bits per heavy atom. The number of aromatic nitrogens is 1. The van der Waals surface area contributed by atoms with E-state index in [1.807, 2.05) is 24.3 Å². The minimum absolute atomic E-state index is 0.0509. The summed E-state index contributed by atoms with van der Waals surface area (Å²) in [6, 6.07) is 32.5. The van der Waals surface area contributed by atoms with Crippen molar-refractivity contribution < 1.29 is 4.42 Å². The van der Waals surface area contributed by atoms with Crippen LogP contribution in [-0.2, 0) is 10.8 Å². The fraction of sp³-hybridized carbons (Fsp3) is 0.205. The van der Waals surface area contributed by atoms with E-state index in [1.54, 1.807) is 0 Å². The molecule has 0 fully saturated rings. The first-order valence-electron chi connectivity index (χ1n) is 14.9. The Bertz CT molecular complexity index is 2420. The van der Waals surface area contributed by atoms with E-state index < -0.39 is 20.4 Å². The molecular weight excluding hydrogens is 642 g/mol. The van der Waals surface area contributed by atoms with Crippen LogP contribution in [0.1, 0.15) is 52.7 Å². The molecule has 0 saturated heterocycles. The van der Waals surface area contributed by atoms with Crippen molar-refractivity contribution in [3.05, 3.63) is 112 Å². The summed E-state index contributed by atoms with van der Waals surface area (Å²) >= 11 is -0.757. The molecule has 0 unspecified atom stereocenters. The van der Waals surface area contributed by atoms with Crippen LogP contribution in [0.15, 0.2) is 100 Å². The van der Waals surface area contributed by atoms with Crippen LogP contribution in [0.25, 0.3) is 67.0 Å². The number of hydrogen-bond donors (Lipinski definition) is 0. The normalized spacial score (nSPS) is 13.0. The van der Waals surface area contributed by atoms with Gasteiger partial charge in [-0.1, -0.05) is 0 Å². The average molecular weight is 675 g/mol. The van der Waals surface area contributed by atoms with Crippen LogP contribution in [0.3, 0.4) is 0 Å². The Morgan fingerprint density at radius 1 is 0.581 bits per heavy atom. The average Bonchev–Trinajstić information content (AvgIpc) is 3.50. The summed E-state index contributed by atoms with van der Waals surface area (Å²) in [6.45, 7) is 13.7. The molecule has 0 saturated carbocycles. The molecule has 0 spiro atoms. The predicted octanol–water partition coefficient (Wildman–Crippen LogP) is 10.0. The van der Waals surface area contributed by atoms with Crippen molar-refractivity contribution in [2.75, 3.05) is 0 Å². The van der Waals surface area contributed by atoms with Crippen molar-refractivity contribution in [1.82, 2.24) is 4.57 Å². The van der Waals surface area contributed by atoms with Crippen molar-refractivity contribution in [3.8, 4) is 5.69 Å². The third-order valence-corrected chi connectivity index (χ3v) is 12.3. The predicted molar refractivity (Wildman–Crippen MR) is 184 cm³/mol. The van der Waals surface area contributed by atoms with Gasteiger partial charge in [0.15, 0.2) is 0 Å². The van der Waals surface area contributed by atoms with E-state index in [9.17, 15) is 4.79 Å². The van der Waals surface area contributed by atoms with E-state index in [2.05, 4.69) is 113 Å². The quantitative estimate of drug-likeness (QED) is 0.128. The number of para-hydroxylation sites is 1. The third kappa shape index (κ3) is 4.04. The summed E-state index contributed by atoms with van der Waals surface area (Å²) in [7, 11) is 0. The van der Waals surface area contributed by atoms with Gasteiger partial charge in [0.25, 0.3) is 0 Å². The van der Waals surface area contributed by atoms with E-state index in [0.717, 1.165) is 0 Å². The standard InChI is InChI=1S/C39H33NO2Te/c1-38(2,3)22-14-16-30-26(18-22)27-19-23(39(4,5)6)15-17-31(27)40(30)32-12-9-11-24-28-20-34-29(21-35(28)43-37(24)32)36(41)25-10-7-8-13-33(25)42-34/h7-21H,1-6H3. The third-order valence-electron chi connectivity index (χ3n) is 8.91. The first-order valence-corrected chi connectivity index (χ1v) is 17.2. The van der Waals surface area contributed by atoms with Crippen molar-refractivity contribution in [1.29, 1.82) is 0 Å². The Morgan fingerprint density at radius 2 is 1.21 bits per heavy atom. The molecule has 212 valence electrons. The number of hydrogen-bond acceptors (Lipinski definition) is 2. The first-order chi connectivity index (χ1) is 20.5. The van der Waals surface area contributed by atoms with Gasteiger partial charge >= 0.3 is 261 Å². The van der Waals surface area contributed by atoms with Crippen molar-refractivity contribution >= 4 is 81.8 Å². The maximum absolute atomic E-state index is 13.5. The molecule has 3 heterocycles. The summed E-state index contributed by atoms with van der Waals surface area (Å²) < 4.78 is 11.5. The number of rotatable bonds is 1. The molecule has 0 N–H and O–H groups in total. The van der Waals surface area contributed by atoms with Gasteiger partial charge in [0, 0.05) is 0 Å². The summed E-state index contributed by atoms with van der Waals surface area (Å²) in [4.78, 5) is 13.5. The summed E-state index contributed by atoms with van der Waals surface area (Å²) in [5, 5.41) is 6.39. The fourth-order valence-electron chi connectivity index (χ4n) is 6.47. The molecule has 0 aliphatic heterocycles. The van der Waals surface area contributed by atoms with E-state index in [1.165, 1.54) is 56.2 Å². The molecule has 8 aromatic rings. The molecule has 5 aromatic carbocycles. The Hall–Kier alpha value is -3.84. The molecular formula is C39H33NO2Te. The monoisotopic (exact) mass is 677 g/mol. The van der Waals surface area contributed by atoms with Gasteiger partial charge in [-0.2, -0.15) is 0 Å². The van der Waals surface area contributed by atoms with Crippen LogP contribution < -0.4 is 5.43 Å². The number of nitrogens with zero attached hydrogens (tertiary/aromatic N) is 1. The zero-order valence-corrected chi connectivity index (χ0v) is 27.7. The molecule has 4 heteroatoms. The molecule has 0 aliphatic rings. The maximum atomic E-state index is 13.5. The zero-order chi connectivity index (χ0) is 29.8. The minimum atomic E-state index is -0.757. The van der Waals surface area contributed by atoms with E-state index in [-0.39, 0.29) is 16.3 Å². The van der Waals surface area contributed by atoms with Gasteiger partial charge in [-0.15, -0.1) is 0 Å². The zero-order valence-electron chi connectivity index (χ0n) is 25.3. The van der Waals surface area contributed by atoms with Gasteiger partial charge in [-0.25, -0.2) is 0 Å². The van der Waals surface area contributed by atoms with Gasteiger partial charge in [0.05, 0.1) is 0 Å². The van der Waals surface area contributed by atoms with Crippen LogP contribution in [0, 0.1) is 0 Å². The van der Waals surface area contributed by atoms with E-state index >= 15 is 0 Å². The van der Waals surface area contributed by atoms with Gasteiger partial charge in [0.2, 0.25) is 0 Å².